The second-order valence-electron chi connectivity index (χ2n) is 10.8. The Hall–Kier alpha value is -2.80. The van der Waals surface area contributed by atoms with Gasteiger partial charge in [-0.3, -0.25) is 4.68 Å². The molecule has 2 heterocycles. The lowest BCUT2D eigenvalue weighted by atomic mass is 9.98. The summed E-state index contributed by atoms with van der Waals surface area (Å²) in [6.07, 6.45) is 0.423. The minimum absolute atomic E-state index is 0.499. The zero-order valence-corrected chi connectivity index (χ0v) is 23.9. The number of fused-ring (bicyclic) bond motifs is 1. The van der Waals surface area contributed by atoms with Crippen molar-refractivity contribution in [2.24, 2.45) is 7.05 Å². The monoisotopic (exact) mass is 523 g/mol. The van der Waals surface area contributed by atoms with Crippen LogP contribution in [0.5, 0.6) is 5.75 Å². The lowest BCUT2D eigenvalue weighted by Gasteiger charge is -2.24. The van der Waals surface area contributed by atoms with Gasteiger partial charge in [-0.1, -0.05) is 29.8 Å². The molecule has 0 fully saturated rings. The van der Waals surface area contributed by atoms with E-state index >= 15 is 0 Å². The van der Waals surface area contributed by atoms with Gasteiger partial charge >= 0.3 is 0 Å². The van der Waals surface area contributed by atoms with Gasteiger partial charge in [0.2, 0.25) is 0 Å². The standard InChI is InChI=1S/C30H38ClN3O3/c1-17-15-21(16-18(2)26(17)31)36-14-10-13-23-22-11-9-12-24(25-19(3)33-34(8)20(25)4)27(22)32-28(23)29(35)37-30(5,6)7/h9,11-12,15-16,29,32,35H,10,13-14H2,1-8H3. The average molecular weight is 524 g/mol. The van der Waals surface area contributed by atoms with Crippen LogP contribution in [0.3, 0.4) is 0 Å². The zero-order valence-electron chi connectivity index (χ0n) is 23.1. The molecule has 0 spiro atoms. The van der Waals surface area contributed by atoms with Crippen LogP contribution in [0.25, 0.3) is 22.0 Å². The molecule has 1 atom stereocenters. The molecule has 0 aliphatic heterocycles. The fourth-order valence-corrected chi connectivity index (χ4v) is 5.08. The first-order valence-electron chi connectivity index (χ1n) is 12.8. The number of ether oxygens (including phenoxy) is 2. The van der Waals surface area contributed by atoms with Gasteiger partial charge in [0.05, 0.1) is 29.1 Å². The van der Waals surface area contributed by atoms with Crippen molar-refractivity contribution in [3.05, 3.63) is 69.1 Å². The highest BCUT2D eigenvalue weighted by Crippen LogP contribution is 2.38. The highest BCUT2D eigenvalue weighted by molar-refractivity contribution is 6.32. The summed E-state index contributed by atoms with van der Waals surface area (Å²) in [4.78, 5) is 3.53. The number of para-hydroxylation sites is 1. The highest BCUT2D eigenvalue weighted by Gasteiger charge is 2.25. The molecule has 1 unspecified atom stereocenters. The van der Waals surface area contributed by atoms with Crippen molar-refractivity contribution >= 4 is 22.5 Å². The molecule has 6 nitrogen and oxygen atoms in total. The van der Waals surface area contributed by atoms with Gasteiger partial charge in [-0.2, -0.15) is 5.10 Å². The summed E-state index contributed by atoms with van der Waals surface area (Å²) in [5.41, 5.74) is 8.46. The predicted octanol–water partition coefficient (Wildman–Crippen LogP) is 7.27. The Morgan fingerprint density at radius 2 is 1.78 bits per heavy atom. The third kappa shape index (κ3) is 5.71. The van der Waals surface area contributed by atoms with E-state index in [-0.39, 0.29) is 0 Å². The van der Waals surface area contributed by atoms with Crippen molar-refractivity contribution in [1.82, 2.24) is 14.8 Å². The number of nitrogens with one attached hydrogen (secondary N) is 1. The van der Waals surface area contributed by atoms with E-state index in [2.05, 4.69) is 35.2 Å². The second kappa shape index (κ2) is 10.5. The number of aryl methyl sites for hydroxylation is 5. The summed E-state index contributed by atoms with van der Waals surface area (Å²) in [5, 5.41) is 17.6. The van der Waals surface area contributed by atoms with Gasteiger partial charge in [-0.15, -0.1) is 0 Å². The Kier molecular flexibility index (Phi) is 7.75. The van der Waals surface area contributed by atoms with Crippen molar-refractivity contribution in [3.8, 4) is 16.9 Å². The summed E-state index contributed by atoms with van der Waals surface area (Å²) < 4.78 is 13.9. The summed E-state index contributed by atoms with van der Waals surface area (Å²) in [6, 6.07) is 10.2. The third-order valence-corrected chi connectivity index (χ3v) is 7.31. The molecule has 0 aliphatic rings. The largest absolute Gasteiger partial charge is 0.494 e. The molecule has 2 aromatic heterocycles. The molecule has 37 heavy (non-hydrogen) atoms. The Bertz CT molecular complexity index is 1410. The maximum atomic E-state index is 11.1. The van der Waals surface area contributed by atoms with Gasteiger partial charge in [-0.25, -0.2) is 0 Å². The maximum absolute atomic E-state index is 11.1. The van der Waals surface area contributed by atoms with E-state index in [1.54, 1.807) is 0 Å². The van der Waals surface area contributed by atoms with Gasteiger partial charge in [0, 0.05) is 34.3 Å². The van der Waals surface area contributed by atoms with E-state index in [9.17, 15) is 5.11 Å². The minimum atomic E-state index is -1.08. The van der Waals surface area contributed by atoms with E-state index in [1.807, 2.05) is 65.4 Å². The summed E-state index contributed by atoms with van der Waals surface area (Å²) in [6.45, 7) is 14.4. The fourth-order valence-electron chi connectivity index (χ4n) is 4.97. The molecule has 0 radical (unpaired) electrons. The van der Waals surface area contributed by atoms with Crippen LogP contribution in [-0.2, 0) is 18.2 Å². The molecular weight excluding hydrogens is 486 g/mol. The Morgan fingerprint density at radius 1 is 1.11 bits per heavy atom. The number of benzene rings is 2. The summed E-state index contributed by atoms with van der Waals surface area (Å²) in [5.74, 6) is 0.819. The first kappa shape index (κ1) is 27.2. The van der Waals surface area contributed by atoms with Crippen LogP contribution in [0.1, 0.15) is 67.3 Å². The molecule has 2 aromatic carbocycles. The summed E-state index contributed by atoms with van der Waals surface area (Å²) in [7, 11) is 1.96. The zero-order chi connectivity index (χ0) is 27.1. The van der Waals surface area contributed by atoms with Crippen molar-refractivity contribution in [2.75, 3.05) is 6.61 Å². The van der Waals surface area contributed by atoms with Gasteiger partial charge in [0.25, 0.3) is 0 Å². The number of aromatic nitrogens is 3. The van der Waals surface area contributed by atoms with Gasteiger partial charge in [0.1, 0.15) is 5.75 Å². The number of rotatable bonds is 8. The van der Waals surface area contributed by atoms with Gasteiger partial charge in [0.15, 0.2) is 6.29 Å². The first-order valence-corrected chi connectivity index (χ1v) is 13.1. The number of halogens is 1. The van der Waals surface area contributed by atoms with Gasteiger partial charge in [-0.05, 0) is 90.1 Å². The smallest absolute Gasteiger partial charge is 0.197 e. The molecule has 0 saturated carbocycles. The quantitative estimate of drug-likeness (QED) is 0.188. The van der Waals surface area contributed by atoms with E-state index in [1.165, 1.54) is 0 Å². The average Bonchev–Trinajstić information content (AvgIpc) is 3.30. The fraction of sp³-hybridized carbons (Fsp3) is 0.433. The molecule has 198 valence electrons. The molecule has 4 rings (SSSR count). The summed E-state index contributed by atoms with van der Waals surface area (Å²) >= 11 is 6.30. The Labute approximate surface area is 224 Å². The molecule has 0 aliphatic carbocycles. The van der Waals surface area contributed by atoms with Gasteiger partial charge < -0.3 is 19.6 Å². The lowest BCUT2D eigenvalue weighted by molar-refractivity contribution is -0.171. The van der Waals surface area contributed by atoms with E-state index in [0.29, 0.717) is 12.3 Å². The Balaban J connectivity index is 1.68. The van der Waals surface area contributed by atoms with Crippen LogP contribution < -0.4 is 4.74 Å². The predicted molar refractivity (Wildman–Crippen MR) is 151 cm³/mol. The number of aromatic amines is 1. The van der Waals surface area contributed by atoms with Crippen LogP contribution in [0.2, 0.25) is 5.02 Å². The molecule has 0 saturated heterocycles. The molecule has 4 aromatic rings. The van der Waals surface area contributed by atoms with Crippen LogP contribution in [0.4, 0.5) is 0 Å². The van der Waals surface area contributed by atoms with Crippen molar-refractivity contribution in [1.29, 1.82) is 0 Å². The van der Waals surface area contributed by atoms with E-state index < -0.39 is 11.9 Å². The normalized spacial score (nSPS) is 12.9. The molecule has 2 N–H and O–H groups in total. The molecular formula is C30H38ClN3O3. The van der Waals surface area contributed by atoms with Crippen LogP contribution in [-0.4, -0.2) is 32.1 Å². The van der Waals surface area contributed by atoms with Crippen LogP contribution >= 0.6 is 11.6 Å². The van der Waals surface area contributed by atoms with Crippen molar-refractivity contribution in [2.45, 2.75) is 73.2 Å². The molecule has 0 bridgehead atoms. The number of hydrogen-bond donors (Lipinski definition) is 2. The molecule has 0 amide bonds. The van der Waals surface area contributed by atoms with E-state index in [0.717, 1.165) is 73.7 Å². The third-order valence-electron chi connectivity index (χ3n) is 6.71. The topological polar surface area (TPSA) is 72.3 Å². The lowest BCUT2D eigenvalue weighted by Crippen LogP contribution is -2.23. The van der Waals surface area contributed by atoms with Crippen LogP contribution in [0.15, 0.2) is 30.3 Å². The minimum Gasteiger partial charge on any atom is -0.494 e. The van der Waals surface area contributed by atoms with Crippen LogP contribution in [0, 0.1) is 27.7 Å². The van der Waals surface area contributed by atoms with E-state index in [4.69, 9.17) is 21.1 Å². The number of H-pyrrole nitrogens is 1. The second-order valence-corrected chi connectivity index (χ2v) is 11.2. The number of aliphatic hydroxyl groups excluding tert-OH is 1. The highest BCUT2D eigenvalue weighted by atomic mass is 35.5. The molecule has 7 heteroatoms. The van der Waals surface area contributed by atoms with Crippen molar-refractivity contribution in [3.63, 3.8) is 0 Å². The number of aliphatic hydroxyl groups is 1. The van der Waals surface area contributed by atoms with Crippen molar-refractivity contribution < 1.29 is 14.6 Å². The number of hydrogen-bond acceptors (Lipinski definition) is 4. The SMILES string of the molecule is Cc1cc(OCCCc2c(C(O)OC(C)(C)C)[nH]c3c(-c4c(C)nn(C)c4C)cccc23)cc(C)c1Cl. The maximum Gasteiger partial charge on any atom is 0.197 e. The first-order chi connectivity index (χ1) is 17.4. The Morgan fingerprint density at radius 3 is 2.38 bits per heavy atom. The number of nitrogens with zero attached hydrogens (tertiary/aromatic N) is 2.